The Morgan fingerprint density at radius 3 is 2.63 bits per heavy atom. The van der Waals surface area contributed by atoms with Gasteiger partial charge < -0.3 is 40.3 Å². The van der Waals surface area contributed by atoms with Gasteiger partial charge in [-0.2, -0.15) is 0 Å². The first-order chi connectivity index (χ1) is 18.0. The van der Waals surface area contributed by atoms with E-state index in [0.717, 1.165) is 31.1 Å². The maximum atomic E-state index is 13.1. The Labute approximate surface area is 227 Å². The van der Waals surface area contributed by atoms with Crippen molar-refractivity contribution in [3.8, 4) is 5.75 Å². The van der Waals surface area contributed by atoms with E-state index in [1.165, 1.54) is 31.2 Å². The molecule has 214 valence electrons. The third-order valence-electron chi connectivity index (χ3n) is 7.10. The first kappa shape index (κ1) is 30.6. The minimum atomic E-state index is -1.58. The average Bonchev–Trinajstić information content (AvgIpc) is 3.25. The lowest BCUT2D eigenvalue weighted by molar-refractivity contribution is -0.211. The molecule has 1 aromatic rings. The van der Waals surface area contributed by atoms with Crippen LogP contribution in [0, 0.1) is 5.92 Å². The van der Waals surface area contributed by atoms with Crippen molar-refractivity contribution in [3.05, 3.63) is 29.8 Å². The number of hydrogen-bond donors (Lipinski definition) is 6. The summed E-state index contributed by atoms with van der Waals surface area (Å²) in [5, 5.41) is 54.5. The van der Waals surface area contributed by atoms with Gasteiger partial charge in [0.05, 0.1) is 23.8 Å². The number of carbonyl (C=O) groups is 2. The number of likely N-dealkylation sites (tertiary alicyclic amines) is 1. The second-order valence-electron chi connectivity index (χ2n) is 10.1. The predicted octanol–water partition coefficient (Wildman–Crippen LogP) is 0.0758. The summed E-state index contributed by atoms with van der Waals surface area (Å²) in [5.74, 6) is -0.390. The SMILES string of the molecule is CCC[C@@H]1C[C@@H](C(=O)N[C@@H]([C@H]2O[C@H](SCCOC(=O)c3cccc(O)c3)[C@H](O)[C@@H](O)[C@H]2O)[C@@H](C)O)N(C)C1. The zero-order valence-corrected chi connectivity index (χ0v) is 22.8. The Morgan fingerprint density at radius 1 is 1.24 bits per heavy atom. The molecule has 2 fully saturated rings. The van der Waals surface area contributed by atoms with Gasteiger partial charge in [0.2, 0.25) is 5.91 Å². The monoisotopic (exact) mass is 556 g/mol. The average molecular weight is 557 g/mol. The number of esters is 1. The molecular formula is C26H40N2O9S. The molecule has 2 aliphatic rings. The molecule has 12 heteroatoms. The number of ether oxygens (including phenoxy) is 2. The van der Waals surface area contributed by atoms with Gasteiger partial charge in [0, 0.05) is 12.3 Å². The lowest BCUT2D eigenvalue weighted by Crippen LogP contribution is -2.65. The van der Waals surface area contributed by atoms with Crippen LogP contribution < -0.4 is 5.32 Å². The van der Waals surface area contributed by atoms with Gasteiger partial charge in [-0.05, 0) is 50.9 Å². The highest BCUT2D eigenvalue weighted by atomic mass is 32.2. The van der Waals surface area contributed by atoms with Crippen molar-refractivity contribution in [1.29, 1.82) is 0 Å². The third-order valence-corrected chi connectivity index (χ3v) is 8.22. The number of thioether (sulfide) groups is 1. The fourth-order valence-corrected chi connectivity index (χ4v) is 6.07. The number of carbonyl (C=O) groups excluding carboxylic acids is 2. The van der Waals surface area contributed by atoms with Gasteiger partial charge in [-0.3, -0.25) is 9.69 Å². The van der Waals surface area contributed by atoms with Gasteiger partial charge in [0.15, 0.2) is 0 Å². The highest BCUT2D eigenvalue weighted by Crippen LogP contribution is 2.31. The van der Waals surface area contributed by atoms with Gasteiger partial charge in [-0.1, -0.05) is 19.4 Å². The van der Waals surface area contributed by atoms with Crippen LogP contribution in [0.1, 0.15) is 43.5 Å². The second-order valence-corrected chi connectivity index (χ2v) is 11.3. The van der Waals surface area contributed by atoms with E-state index < -0.39 is 48.0 Å². The van der Waals surface area contributed by atoms with Crippen LogP contribution in [-0.4, -0.2) is 116 Å². The highest BCUT2D eigenvalue weighted by molar-refractivity contribution is 7.99. The molecule has 6 N–H and O–H groups in total. The number of nitrogens with one attached hydrogen (secondary N) is 1. The van der Waals surface area contributed by atoms with Crippen LogP contribution >= 0.6 is 11.8 Å². The molecule has 0 saturated carbocycles. The molecule has 2 heterocycles. The maximum absolute atomic E-state index is 13.1. The molecule has 1 aromatic carbocycles. The first-order valence-electron chi connectivity index (χ1n) is 13.0. The van der Waals surface area contributed by atoms with Crippen molar-refractivity contribution < 1.29 is 44.6 Å². The number of phenolic OH excluding ortho intramolecular Hbond substituents is 1. The zero-order valence-electron chi connectivity index (χ0n) is 22.0. The topological polar surface area (TPSA) is 169 Å². The van der Waals surface area contributed by atoms with E-state index >= 15 is 0 Å². The molecule has 0 spiro atoms. The third kappa shape index (κ3) is 7.59. The lowest BCUT2D eigenvalue weighted by Gasteiger charge is -2.44. The molecule has 3 rings (SSSR count). The van der Waals surface area contributed by atoms with E-state index in [-0.39, 0.29) is 35.6 Å². The molecule has 0 bridgehead atoms. The Bertz CT molecular complexity index is 936. The number of rotatable bonds is 11. The summed E-state index contributed by atoms with van der Waals surface area (Å²) in [6.07, 6.45) is -4.16. The Kier molecular flexibility index (Phi) is 11.2. The molecular weight excluding hydrogens is 516 g/mol. The first-order valence-corrected chi connectivity index (χ1v) is 14.0. The summed E-state index contributed by atoms with van der Waals surface area (Å²) < 4.78 is 11.1. The minimum Gasteiger partial charge on any atom is -0.508 e. The molecule has 9 atom stereocenters. The number of likely N-dealkylation sites (N-methyl/N-ethyl adjacent to an activating group) is 1. The van der Waals surface area contributed by atoms with Crippen LogP contribution in [0.25, 0.3) is 0 Å². The van der Waals surface area contributed by atoms with Crippen LogP contribution in [0.4, 0.5) is 0 Å². The largest absolute Gasteiger partial charge is 0.508 e. The number of aromatic hydroxyl groups is 1. The smallest absolute Gasteiger partial charge is 0.338 e. The summed E-state index contributed by atoms with van der Waals surface area (Å²) in [5.41, 5.74) is -0.828. The van der Waals surface area contributed by atoms with Gasteiger partial charge in [0.1, 0.15) is 42.2 Å². The minimum absolute atomic E-state index is 0.0431. The van der Waals surface area contributed by atoms with Crippen molar-refractivity contribution >= 4 is 23.6 Å². The zero-order chi connectivity index (χ0) is 28.0. The number of aliphatic hydroxyl groups excluding tert-OH is 4. The Balaban J connectivity index is 1.59. The van der Waals surface area contributed by atoms with Gasteiger partial charge in [-0.15, -0.1) is 11.8 Å². The van der Waals surface area contributed by atoms with Crippen LogP contribution in [-0.2, 0) is 14.3 Å². The molecule has 0 radical (unpaired) electrons. The Morgan fingerprint density at radius 2 is 1.97 bits per heavy atom. The lowest BCUT2D eigenvalue weighted by atomic mass is 9.92. The molecule has 11 nitrogen and oxygen atoms in total. The van der Waals surface area contributed by atoms with Crippen LogP contribution in [0.15, 0.2) is 24.3 Å². The van der Waals surface area contributed by atoms with Gasteiger partial charge >= 0.3 is 5.97 Å². The Hall–Kier alpha value is -1.93. The molecule has 0 aliphatic carbocycles. The summed E-state index contributed by atoms with van der Waals surface area (Å²) in [4.78, 5) is 27.2. The molecule has 1 amide bonds. The molecule has 38 heavy (non-hydrogen) atoms. The molecule has 2 saturated heterocycles. The maximum Gasteiger partial charge on any atom is 0.338 e. The van der Waals surface area contributed by atoms with Gasteiger partial charge in [0.25, 0.3) is 0 Å². The number of hydrogen-bond acceptors (Lipinski definition) is 11. The quantitative estimate of drug-likeness (QED) is 0.161. The normalized spacial score (nSPS) is 31.5. The number of amides is 1. The highest BCUT2D eigenvalue weighted by Gasteiger charge is 2.48. The molecule has 2 aliphatic heterocycles. The summed E-state index contributed by atoms with van der Waals surface area (Å²) in [7, 11) is 1.88. The van der Waals surface area contributed by atoms with Crippen LogP contribution in [0.5, 0.6) is 5.75 Å². The summed E-state index contributed by atoms with van der Waals surface area (Å²) in [6.45, 7) is 4.32. The fraction of sp³-hybridized carbons (Fsp3) is 0.692. The van der Waals surface area contributed by atoms with E-state index in [9.17, 15) is 35.1 Å². The summed E-state index contributed by atoms with van der Waals surface area (Å²) in [6, 6.07) is 4.32. The number of aliphatic hydroxyl groups is 4. The van der Waals surface area contributed by atoms with Crippen molar-refractivity contribution in [2.24, 2.45) is 5.92 Å². The van der Waals surface area contributed by atoms with Crippen molar-refractivity contribution in [2.75, 3.05) is 26.0 Å². The standard InChI is InChI=1S/C26H40N2O9S/c1-4-6-15-11-18(28(3)13-15)24(34)27-19(14(2)29)23-21(32)20(31)22(33)26(37-23)38-10-9-36-25(35)16-7-5-8-17(30)12-16/h5,7-8,12,14-15,18-23,26,29-33H,4,6,9-11,13H2,1-3H3,(H,27,34)/t14-,15-,18+,19-,20+,21-,22-,23-,26-/m1/s1. The van der Waals surface area contributed by atoms with Crippen molar-refractivity contribution in [2.45, 2.75) is 81.1 Å². The molecule has 0 aromatic heterocycles. The van der Waals surface area contributed by atoms with Gasteiger partial charge in [-0.25, -0.2) is 4.79 Å². The number of nitrogens with zero attached hydrogens (tertiary/aromatic N) is 1. The molecule has 0 unspecified atom stereocenters. The van der Waals surface area contributed by atoms with E-state index in [2.05, 4.69) is 12.2 Å². The van der Waals surface area contributed by atoms with E-state index in [1.54, 1.807) is 0 Å². The number of phenols is 1. The van der Waals surface area contributed by atoms with Crippen molar-refractivity contribution in [1.82, 2.24) is 10.2 Å². The van der Waals surface area contributed by atoms with E-state index in [4.69, 9.17) is 9.47 Å². The fourth-order valence-electron chi connectivity index (χ4n) is 5.09. The summed E-state index contributed by atoms with van der Waals surface area (Å²) >= 11 is 1.06. The van der Waals surface area contributed by atoms with Crippen LogP contribution in [0.3, 0.4) is 0 Å². The predicted molar refractivity (Wildman–Crippen MR) is 141 cm³/mol. The van der Waals surface area contributed by atoms with Crippen LogP contribution in [0.2, 0.25) is 0 Å². The van der Waals surface area contributed by atoms with E-state index in [1.807, 2.05) is 11.9 Å². The van der Waals surface area contributed by atoms with E-state index in [0.29, 0.717) is 12.3 Å². The number of benzene rings is 1. The van der Waals surface area contributed by atoms with Crippen molar-refractivity contribution in [3.63, 3.8) is 0 Å². The second kappa shape index (κ2) is 13.9.